The molecular weight excluding hydrogens is 264 g/mol. The summed E-state index contributed by atoms with van der Waals surface area (Å²) in [5.41, 5.74) is 8.30. The Morgan fingerprint density at radius 1 is 1.29 bits per heavy atom. The molecule has 0 aromatic carbocycles. The van der Waals surface area contributed by atoms with Crippen LogP contribution in [0.4, 0.5) is 5.82 Å². The summed E-state index contributed by atoms with van der Waals surface area (Å²) in [5.74, 6) is 5.83. The molecule has 3 N–H and O–H groups in total. The van der Waals surface area contributed by atoms with E-state index in [4.69, 9.17) is 5.73 Å². The van der Waals surface area contributed by atoms with Gasteiger partial charge in [-0.2, -0.15) is 0 Å². The quantitative estimate of drug-likeness (QED) is 0.820. The molecule has 0 radical (unpaired) electrons. The van der Waals surface area contributed by atoms with E-state index in [0.29, 0.717) is 16.9 Å². The van der Waals surface area contributed by atoms with Crippen LogP contribution >= 0.6 is 0 Å². The summed E-state index contributed by atoms with van der Waals surface area (Å²) in [5, 5.41) is 2.76. The molecular formula is C16H16N4O. The zero-order chi connectivity index (χ0) is 15.2. The Balaban J connectivity index is 2.20. The molecule has 0 saturated heterocycles. The predicted molar refractivity (Wildman–Crippen MR) is 81.8 cm³/mol. The van der Waals surface area contributed by atoms with E-state index < -0.39 is 0 Å². The first kappa shape index (κ1) is 14.7. The van der Waals surface area contributed by atoms with E-state index in [1.54, 1.807) is 12.3 Å². The maximum atomic E-state index is 12.2. The summed E-state index contributed by atoms with van der Waals surface area (Å²) in [6.07, 6.45) is 3.08. The van der Waals surface area contributed by atoms with Crippen molar-refractivity contribution in [2.75, 3.05) is 11.9 Å². The highest BCUT2D eigenvalue weighted by Gasteiger charge is 2.08. The molecule has 0 bridgehead atoms. The first-order valence-electron chi connectivity index (χ1n) is 6.49. The van der Waals surface area contributed by atoms with Crippen molar-refractivity contribution in [3.8, 4) is 11.8 Å². The van der Waals surface area contributed by atoms with Crippen LogP contribution in [0, 0.1) is 25.7 Å². The minimum Gasteiger partial charge on any atom is -0.320 e. The first-order chi connectivity index (χ1) is 10.1. The highest BCUT2D eigenvalue weighted by Crippen LogP contribution is 2.11. The van der Waals surface area contributed by atoms with Crippen LogP contribution in [-0.2, 0) is 0 Å². The molecule has 2 rings (SSSR count). The molecule has 0 fully saturated rings. The molecule has 0 atom stereocenters. The Kier molecular flexibility index (Phi) is 4.64. The third kappa shape index (κ3) is 4.13. The lowest BCUT2D eigenvalue weighted by Crippen LogP contribution is -2.14. The molecule has 0 saturated carbocycles. The number of hydrogen-bond donors (Lipinski definition) is 2. The van der Waals surface area contributed by atoms with E-state index in [1.165, 1.54) is 6.20 Å². The molecule has 1 amide bonds. The molecule has 5 heteroatoms. The molecule has 0 aliphatic rings. The zero-order valence-electron chi connectivity index (χ0n) is 12.0. The van der Waals surface area contributed by atoms with E-state index in [1.807, 2.05) is 26.0 Å². The number of rotatable bonds is 2. The van der Waals surface area contributed by atoms with Crippen molar-refractivity contribution in [3.05, 3.63) is 53.0 Å². The van der Waals surface area contributed by atoms with Gasteiger partial charge >= 0.3 is 0 Å². The van der Waals surface area contributed by atoms with Crippen LogP contribution < -0.4 is 11.1 Å². The maximum Gasteiger partial charge on any atom is 0.258 e. The number of aromatic nitrogens is 2. The van der Waals surface area contributed by atoms with Gasteiger partial charge in [-0.1, -0.05) is 11.8 Å². The molecule has 0 spiro atoms. The number of pyridine rings is 2. The van der Waals surface area contributed by atoms with Crippen LogP contribution in [0.5, 0.6) is 0 Å². The lowest BCUT2D eigenvalue weighted by atomic mass is 10.2. The molecule has 21 heavy (non-hydrogen) atoms. The predicted octanol–water partition coefficient (Wildman–Crippen LogP) is 1.66. The topological polar surface area (TPSA) is 80.9 Å². The fraction of sp³-hybridized carbons (Fsp3) is 0.188. The average molecular weight is 280 g/mol. The Labute approximate surface area is 123 Å². The van der Waals surface area contributed by atoms with E-state index >= 15 is 0 Å². The van der Waals surface area contributed by atoms with Crippen molar-refractivity contribution in [2.45, 2.75) is 13.8 Å². The van der Waals surface area contributed by atoms with Gasteiger partial charge in [-0.15, -0.1) is 0 Å². The molecule has 2 aromatic rings. The van der Waals surface area contributed by atoms with Crippen LogP contribution in [-0.4, -0.2) is 22.4 Å². The van der Waals surface area contributed by atoms with E-state index in [0.717, 1.165) is 11.3 Å². The summed E-state index contributed by atoms with van der Waals surface area (Å²) >= 11 is 0. The van der Waals surface area contributed by atoms with Gasteiger partial charge in [0.25, 0.3) is 5.91 Å². The first-order valence-corrected chi connectivity index (χ1v) is 6.49. The van der Waals surface area contributed by atoms with Gasteiger partial charge in [-0.3, -0.25) is 9.78 Å². The largest absolute Gasteiger partial charge is 0.320 e. The fourth-order valence-electron chi connectivity index (χ4n) is 1.88. The van der Waals surface area contributed by atoms with Crippen molar-refractivity contribution in [1.29, 1.82) is 0 Å². The third-order valence-electron chi connectivity index (χ3n) is 2.67. The van der Waals surface area contributed by atoms with Crippen molar-refractivity contribution in [3.63, 3.8) is 0 Å². The number of nitrogens with one attached hydrogen (secondary N) is 1. The maximum absolute atomic E-state index is 12.2. The van der Waals surface area contributed by atoms with Crippen molar-refractivity contribution >= 4 is 11.7 Å². The fourth-order valence-corrected chi connectivity index (χ4v) is 1.88. The standard InChI is InChI=1S/C16H16N4O/c1-11-6-12(2)19-15(7-11)20-16(21)14-8-13(4-3-5-17)9-18-10-14/h6-10H,5,17H2,1-2H3,(H,19,20,21). The number of amides is 1. The lowest BCUT2D eigenvalue weighted by molar-refractivity contribution is 0.102. The van der Waals surface area contributed by atoms with Crippen LogP contribution in [0.25, 0.3) is 0 Å². The molecule has 2 heterocycles. The molecule has 0 aliphatic heterocycles. The van der Waals surface area contributed by atoms with Gasteiger partial charge in [0, 0.05) is 23.7 Å². The van der Waals surface area contributed by atoms with Gasteiger partial charge in [0.2, 0.25) is 0 Å². The summed E-state index contributed by atoms with van der Waals surface area (Å²) < 4.78 is 0. The number of nitrogens with zero attached hydrogens (tertiary/aromatic N) is 2. The average Bonchev–Trinajstić information content (AvgIpc) is 2.44. The number of hydrogen-bond acceptors (Lipinski definition) is 4. The number of carbonyl (C=O) groups is 1. The molecule has 2 aromatic heterocycles. The highest BCUT2D eigenvalue weighted by atomic mass is 16.1. The Morgan fingerprint density at radius 2 is 2.10 bits per heavy atom. The Morgan fingerprint density at radius 3 is 2.81 bits per heavy atom. The number of aryl methyl sites for hydroxylation is 2. The second-order valence-electron chi connectivity index (χ2n) is 4.59. The Bertz CT molecular complexity index is 708. The Hall–Kier alpha value is -2.71. The number of nitrogens with two attached hydrogens (primary N) is 1. The molecule has 0 unspecified atom stereocenters. The number of carbonyl (C=O) groups excluding carboxylic acids is 1. The number of anilines is 1. The van der Waals surface area contributed by atoms with Crippen LogP contribution in [0.1, 0.15) is 27.2 Å². The van der Waals surface area contributed by atoms with Gasteiger partial charge in [-0.25, -0.2) is 4.98 Å². The summed E-state index contributed by atoms with van der Waals surface area (Å²) in [4.78, 5) is 20.5. The summed E-state index contributed by atoms with van der Waals surface area (Å²) in [6.45, 7) is 4.10. The second kappa shape index (κ2) is 6.64. The van der Waals surface area contributed by atoms with Crippen molar-refractivity contribution in [1.82, 2.24) is 9.97 Å². The SMILES string of the molecule is Cc1cc(C)nc(NC(=O)c2cncc(C#CCN)c2)c1. The molecule has 106 valence electrons. The second-order valence-corrected chi connectivity index (χ2v) is 4.59. The summed E-state index contributed by atoms with van der Waals surface area (Å²) in [7, 11) is 0. The zero-order valence-corrected chi connectivity index (χ0v) is 12.0. The van der Waals surface area contributed by atoms with Crippen LogP contribution in [0.15, 0.2) is 30.6 Å². The minimum absolute atomic E-state index is 0.267. The molecule has 5 nitrogen and oxygen atoms in total. The van der Waals surface area contributed by atoms with Crippen LogP contribution in [0.3, 0.4) is 0 Å². The minimum atomic E-state index is -0.267. The van der Waals surface area contributed by atoms with Gasteiger partial charge < -0.3 is 11.1 Å². The summed E-state index contributed by atoms with van der Waals surface area (Å²) in [6, 6.07) is 5.43. The smallest absolute Gasteiger partial charge is 0.258 e. The van der Waals surface area contributed by atoms with E-state index in [2.05, 4.69) is 27.1 Å². The van der Waals surface area contributed by atoms with Gasteiger partial charge in [0.05, 0.1) is 12.1 Å². The van der Waals surface area contributed by atoms with Gasteiger partial charge in [0.1, 0.15) is 5.82 Å². The highest BCUT2D eigenvalue weighted by molar-refractivity contribution is 6.03. The monoisotopic (exact) mass is 280 g/mol. The van der Waals surface area contributed by atoms with E-state index in [-0.39, 0.29) is 12.5 Å². The van der Waals surface area contributed by atoms with Gasteiger partial charge in [0.15, 0.2) is 0 Å². The van der Waals surface area contributed by atoms with Crippen LogP contribution in [0.2, 0.25) is 0 Å². The van der Waals surface area contributed by atoms with E-state index in [9.17, 15) is 4.79 Å². The van der Waals surface area contributed by atoms with Crippen molar-refractivity contribution in [2.24, 2.45) is 5.73 Å². The molecule has 0 aliphatic carbocycles. The normalized spacial score (nSPS) is 9.67. The lowest BCUT2D eigenvalue weighted by Gasteiger charge is -2.06. The van der Waals surface area contributed by atoms with Gasteiger partial charge in [-0.05, 0) is 37.6 Å². The third-order valence-corrected chi connectivity index (χ3v) is 2.67. The van der Waals surface area contributed by atoms with Crippen molar-refractivity contribution < 1.29 is 4.79 Å².